The van der Waals surface area contributed by atoms with Crippen molar-refractivity contribution in [3.63, 3.8) is 0 Å². The number of halogens is 1. The summed E-state index contributed by atoms with van der Waals surface area (Å²) in [7, 11) is 0. The van der Waals surface area contributed by atoms with E-state index in [1.807, 2.05) is 57.3 Å². The maximum atomic E-state index is 12.5. The molecule has 0 saturated heterocycles. The van der Waals surface area contributed by atoms with Gasteiger partial charge in [-0.3, -0.25) is 15.1 Å². The first kappa shape index (κ1) is 17.8. The zero-order chi connectivity index (χ0) is 19.3. The van der Waals surface area contributed by atoms with Gasteiger partial charge in [-0.2, -0.15) is 4.99 Å². The van der Waals surface area contributed by atoms with Crippen molar-refractivity contribution in [3.8, 4) is 5.69 Å². The van der Waals surface area contributed by atoms with E-state index in [-0.39, 0.29) is 11.7 Å². The number of amidine groups is 2. The Balaban J connectivity index is 1.77. The number of fused-ring (bicyclic) bond motifs is 1. The summed E-state index contributed by atoms with van der Waals surface area (Å²) in [6.45, 7) is 5.94. The number of carbonyl (C=O) groups is 1. The summed E-state index contributed by atoms with van der Waals surface area (Å²) in [6, 6.07) is 9.63. The third kappa shape index (κ3) is 3.05. The molecule has 4 rings (SSSR count). The van der Waals surface area contributed by atoms with Crippen molar-refractivity contribution in [2.75, 3.05) is 0 Å². The lowest BCUT2D eigenvalue weighted by molar-refractivity contribution is -0.114. The molecule has 136 valence electrons. The molecule has 1 amide bonds. The molecular formula is C20H17ClN4OS. The summed E-state index contributed by atoms with van der Waals surface area (Å²) < 4.78 is 2.10. The average molecular weight is 397 g/mol. The number of rotatable bonds is 2. The molecule has 0 radical (unpaired) electrons. The molecule has 2 aromatic rings. The van der Waals surface area contributed by atoms with Crippen molar-refractivity contribution >= 4 is 46.3 Å². The van der Waals surface area contributed by atoms with Gasteiger partial charge >= 0.3 is 0 Å². The normalized spacial score (nSPS) is 18.1. The molecule has 0 unspecified atom stereocenters. The minimum atomic E-state index is -0.377. The third-order valence-electron chi connectivity index (χ3n) is 4.55. The number of nitrogens with one attached hydrogen (secondary N) is 1. The predicted molar refractivity (Wildman–Crippen MR) is 112 cm³/mol. The second kappa shape index (κ2) is 6.55. The molecule has 0 spiro atoms. The van der Waals surface area contributed by atoms with Gasteiger partial charge in [0.05, 0.1) is 5.57 Å². The van der Waals surface area contributed by atoms with Crippen LogP contribution in [0.1, 0.15) is 23.9 Å². The molecule has 2 aliphatic heterocycles. The quantitative estimate of drug-likeness (QED) is 0.733. The van der Waals surface area contributed by atoms with Crippen LogP contribution in [0.4, 0.5) is 0 Å². The van der Waals surface area contributed by atoms with E-state index in [4.69, 9.17) is 17.0 Å². The first-order valence-electron chi connectivity index (χ1n) is 8.39. The molecule has 1 N–H and O–H groups in total. The van der Waals surface area contributed by atoms with Gasteiger partial charge < -0.3 is 4.57 Å². The Morgan fingerprint density at radius 2 is 1.89 bits per heavy atom. The molecule has 1 aromatic heterocycles. The predicted octanol–water partition coefficient (Wildman–Crippen LogP) is 4.91. The van der Waals surface area contributed by atoms with Crippen molar-refractivity contribution in [1.29, 1.82) is 5.41 Å². The van der Waals surface area contributed by atoms with Crippen molar-refractivity contribution in [3.05, 3.63) is 69.0 Å². The van der Waals surface area contributed by atoms with Gasteiger partial charge in [0.1, 0.15) is 5.84 Å². The number of hydrogen-bond donors (Lipinski definition) is 1. The van der Waals surface area contributed by atoms with Gasteiger partial charge in [-0.1, -0.05) is 23.4 Å². The molecule has 2 aliphatic rings. The molecule has 7 heteroatoms. The summed E-state index contributed by atoms with van der Waals surface area (Å²) in [5.74, 6) is -0.219. The highest BCUT2D eigenvalue weighted by atomic mass is 35.5. The number of amides is 1. The smallest absolute Gasteiger partial charge is 0.283 e. The van der Waals surface area contributed by atoms with Gasteiger partial charge in [0, 0.05) is 33.2 Å². The number of carbonyl (C=O) groups excluding carboxylic acids is 1. The Hall–Kier alpha value is -2.57. The molecular weight excluding hydrogens is 380 g/mol. The van der Waals surface area contributed by atoms with E-state index >= 15 is 0 Å². The standard InChI is InChI=1S/C20H17ClN4OS/c1-11-8-14(13(3)25(11)16-6-4-15(21)5-7-16)9-17-18(22)24-10-12(2)27-20(24)23-19(17)26/h4-10,22H,1-3H3/b17-9-,22-18?. The van der Waals surface area contributed by atoms with Crippen LogP contribution in [0.2, 0.25) is 5.02 Å². The van der Waals surface area contributed by atoms with Gasteiger partial charge in [-0.05, 0) is 62.7 Å². The maximum absolute atomic E-state index is 12.5. The minimum Gasteiger partial charge on any atom is -0.318 e. The third-order valence-corrected chi connectivity index (χ3v) is 5.70. The van der Waals surface area contributed by atoms with E-state index < -0.39 is 0 Å². The van der Waals surface area contributed by atoms with Crippen LogP contribution in [0.5, 0.6) is 0 Å². The lowest BCUT2D eigenvalue weighted by Crippen LogP contribution is -2.35. The summed E-state index contributed by atoms with van der Waals surface area (Å²) in [5.41, 5.74) is 4.20. The van der Waals surface area contributed by atoms with Crippen LogP contribution in [0, 0.1) is 19.3 Å². The van der Waals surface area contributed by atoms with E-state index in [2.05, 4.69) is 9.56 Å². The van der Waals surface area contributed by atoms with E-state index in [0.29, 0.717) is 15.8 Å². The summed E-state index contributed by atoms with van der Waals surface area (Å²) in [6.07, 6.45) is 3.59. The molecule has 0 bridgehead atoms. The van der Waals surface area contributed by atoms with Crippen molar-refractivity contribution < 1.29 is 4.79 Å². The van der Waals surface area contributed by atoms with Gasteiger partial charge in [-0.25, -0.2) is 0 Å². The first-order chi connectivity index (χ1) is 12.8. The summed E-state index contributed by atoms with van der Waals surface area (Å²) in [5, 5.41) is 9.67. The number of hydrogen-bond acceptors (Lipinski definition) is 3. The van der Waals surface area contributed by atoms with Crippen LogP contribution in [0.25, 0.3) is 11.8 Å². The van der Waals surface area contributed by atoms with Crippen LogP contribution < -0.4 is 0 Å². The topological polar surface area (TPSA) is 61.5 Å². The van der Waals surface area contributed by atoms with Gasteiger partial charge in [0.15, 0.2) is 5.17 Å². The highest BCUT2D eigenvalue weighted by Crippen LogP contribution is 2.33. The van der Waals surface area contributed by atoms with Crippen molar-refractivity contribution in [2.45, 2.75) is 20.8 Å². The molecule has 5 nitrogen and oxygen atoms in total. The highest BCUT2D eigenvalue weighted by molar-refractivity contribution is 8.17. The van der Waals surface area contributed by atoms with E-state index in [1.54, 1.807) is 11.0 Å². The van der Waals surface area contributed by atoms with Crippen LogP contribution in [-0.4, -0.2) is 26.4 Å². The fourth-order valence-corrected chi connectivity index (χ4v) is 4.22. The Kier molecular flexibility index (Phi) is 4.32. The number of nitrogens with zero attached hydrogens (tertiary/aromatic N) is 3. The molecule has 0 aliphatic carbocycles. The molecule has 3 heterocycles. The molecule has 0 saturated carbocycles. The largest absolute Gasteiger partial charge is 0.318 e. The molecule has 0 atom stereocenters. The number of aromatic nitrogens is 1. The Labute approximate surface area is 166 Å². The number of aliphatic imine (C=N–C) groups is 1. The van der Waals surface area contributed by atoms with E-state index in [1.165, 1.54) is 11.8 Å². The number of benzene rings is 1. The van der Waals surface area contributed by atoms with Crippen molar-refractivity contribution in [2.24, 2.45) is 4.99 Å². The Morgan fingerprint density at radius 1 is 1.19 bits per heavy atom. The molecule has 0 fully saturated rings. The maximum Gasteiger partial charge on any atom is 0.283 e. The monoisotopic (exact) mass is 396 g/mol. The molecule has 27 heavy (non-hydrogen) atoms. The number of aryl methyl sites for hydroxylation is 1. The SMILES string of the molecule is CC1=CN2C(=N)/C(=C/c3cc(C)n(-c4ccc(Cl)cc4)c3C)C(=O)N=C2S1. The zero-order valence-corrected chi connectivity index (χ0v) is 16.6. The lowest BCUT2D eigenvalue weighted by atomic mass is 10.1. The fourth-order valence-electron chi connectivity index (χ4n) is 3.28. The highest BCUT2D eigenvalue weighted by Gasteiger charge is 2.33. The van der Waals surface area contributed by atoms with Crippen LogP contribution >= 0.6 is 23.4 Å². The van der Waals surface area contributed by atoms with Crippen LogP contribution in [0.15, 0.2) is 52.0 Å². The Morgan fingerprint density at radius 3 is 2.59 bits per heavy atom. The first-order valence-corrected chi connectivity index (χ1v) is 9.58. The summed E-state index contributed by atoms with van der Waals surface area (Å²) >= 11 is 7.40. The Bertz CT molecular complexity index is 1080. The van der Waals surface area contributed by atoms with E-state index in [9.17, 15) is 4.79 Å². The minimum absolute atomic E-state index is 0.158. The second-order valence-electron chi connectivity index (χ2n) is 6.46. The van der Waals surface area contributed by atoms with Gasteiger partial charge in [-0.15, -0.1) is 0 Å². The van der Waals surface area contributed by atoms with Gasteiger partial charge in [0.2, 0.25) is 0 Å². The lowest BCUT2D eigenvalue weighted by Gasteiger charge is -2.22. The van der Waals surface area contributed by atoms with Crippen LogP contribution in [0.3, 0.4) is 0 Å². The number of allylic oxidation sites excluding steroid dienone is 1. The average Bonchev–Trinajstić information content (AvgIpc) is 3.12. The van der Waals surface area contributed by atoms with Crippen molar-refractivity contribution in [1.82, 2.24) is 9.47 Å². The van der Waals surface area contributed by atoms with Gasteiger partial charge in [0.25, 0.3) is 5.91 Å². The van der Waals surface area contributed by atoms with E-state index in [0.717, 1.165) is 27.5 Å². The molecule has 1 aromatic carbocycles. The van der Waals surface area contributed by atoms with Crippen LogP contribution in [-0.2, 0) is 4.79 Å². The number of thioether (sulfide) groups is 1. The summed E-state index contributed by atoms with van der Waals surface area (Å²) in [4.78, 5) is 19.3. The second-order valence-corrected chi connectivity index (χ2v) is 8.11. The fraction of sp³-hybridized carbons (Fsp3) is 0.150. The zero-order valence-electron chi connectivity index (χ0n) is 15.1.